The number of benzene rings is 1. The van der Waals surface area contributed by atoms with Gasteiger partial charge in [-0.1, -0.05) is 27.7 Å². The number of rotatable bonds is 7. The summed E-state index contributed by atoms with van der Waals surface area (Å²) in [5, 5.41) is 3.39. The van der Waals surface area contributed by atoms with Gasteiger partial charge in [0.15, 0.2) is 0 Å². The van der Waals surface area contributed by atoms with Crippen LogP contribution in [-0.4, -0.2) is 22.0 Å². The van der Waals surface area contributed by atoms with Crippen molar-refractivity contribution in [3.05, 3.63) is 24.3 Å². The number of anilines is 1. The van der Waals surface area contributed by atoms with Crippen LogP contribution in [-0.2, 0) is 10.0 Å². The van der Waals surface area contributed by atoms with Gasteiger partial charge in [0.05, 0.1) is 4.90 Å². The van der Waals surface area contributed by atoms with Crippen molar-refractivity contribution in [2.24, 2.45) is 17.8 Å². The highest BCUT2D eigenvalue weighted by atomic mass is 32.2. The highest BCUT2D eigenvalue weighted by molar-refractivity contribution is 7.89. The van der Waals surface area contributed by atoms with Gasteiger partial charge in [-0.15, -0.1) is 0 Å². The van der Waals surface area contributed by atoms with E-state index in [1.54, 1.807) is 12.1 Å². The van der Waals surface area contributed by atoms with Gasteiger partial charge in [-0.25, -0.2) is 13.1 Å². The Kier molecular flexibility index (Phi) is 6.02. The molecule has 0 aliphatic rings. The standard InChI is InChI=1S/C15H26N2O2S/c1-11(2)15(12(3)4)10-17-13-6-8-14(9-7-13)20(18,19)16-5/h6-9,11-12,15-17H,10H2,1-5H3. The molecule has 0 heterocycles. The van der Waals surface area contributed by atoms with Crippen molar-refractivity contribution in [1.82, 2.24) is 4.72 Å². The quantitative estimate of drug-likeness (QED) is 0.813. The van der Waals surface area contributed by atoms with Crippen molar-refractivity contribution < 1.29 is 8.42 Å². The third kappa shape index (κ3) is 4.49. The van der Waals surface area contributed by atoms with Crippen molar-refractivity contribution in [3.8, 4) is 0 Å². The summed E-state index contributed by atoms with van der Waals surface area (Å²) in [6, 6.07) is 6.85. The highest BCUT2D eigenvalue weighted by Crippen LogP contribution is 2.21. The lowest BCUT2D eigenvalue weighted by molar-refractivity contribution is 0.304. The molecule has 1 aromatic rings. The summed E-state index contributed by atoms with van der Waals surface area (Å²) < 4.78 is 25.6. The topological polar surface area (TPSA) is 58.2 Å². The van der Waals surface area contributed by atoms with Crippen LogP contribution in [0.25, 0.3) is 0 Å². The Morgan fingerprint density at radius 1 is 1.00 bits per heavy atom. The van der Waals surface area contributed by atoms with Gasteiger partial charge in [0.25, 0.3) is 0 Å². The molecule has 0 unspecified atom stereocenters. The predicted octanol–water partition coefficient (Wildman–Crippen LogP) is 2.93. The van der Waals surface area contributed by atoms with Gasteiger partial charge in [0, 0.05) is 12.2 Å². The SMILES string of the molecule is CNS(=O)(=O)c1ccc(NCC(C(C)C)C(C)C)cc1. The predicted molar refractivity (Wildman–Crippen MR) is 84.3 cm³/mol. The lowest BCUT2D eigenvalue weighted by Gasteiger charge is -2.25. The molecule has 0 amide bonds. The Morgan fingerprint density at radius 2 is 1.50 bits per heavy atom. The molecule has 0 aromatic heterocycles. The maximum absolute atomic E-state index is 11.6. The van der Waals surface area contributed by atoms with Crippen molar-refractivity contribution in [2.45, 2.75) is 32.6 Å². The van der Waals surface area contributed by atoms with Crippen LogP contribution in [0.3, 0.4) is 0 Å². The van der Waals surface area contributed by atoms with Gasteiger partial charge >= 0.3 is 0 Å². The normalized spacial score (nSPS) is 12.4. The van der Waals surface area contributed by atoms with E-state index in [1.807, 2.05) is 12.1 Å². The average molecular weight is 298 g/mol. The minimum absolute atomic E-state index is 0.287. The van der Waals surface area contributed by atoms with Crippen LogP contribution in [0, 0.1) is 17.8 Å². The van der Waals surface area contributed by atoms with Crippen molar-refractivity contribution in [3.63, 3.8) is 0 Å². The van der Waals surface area contributed by atoms with Gasteiger partial charge in [-0.3, -0.25) is 0 Å². The van der Waals surface area contributed by atoms with E-state index in [9.17, 15) is 8.42 Å². The van der Waals surface area contributed by atoms with Crippen LogP contribution in [0.4, 0.5) is 5.69 Å². The van der Waals surface area contributed by atoms with Gasteiger partial charge in [0.2, 0.25) is 10.0 Å². The largest absolute Gasteiger partial charge is 0.385 e. The van der Waals surface area contributed by atoms with E-state index in [0.29, 0.717) is 17.8 Å². The van der Waals surface area contributed by atoms with E-state index in [4.69, 9.17) is 0 Å². The van der Waals surface area contributed by atoms with Crippen molar-refractivity contribution >= 4 is 15.7 Å². The van der Waals surface area contributed by atoms with Crippen LogP contribution in [0.1, 0.15) is 27.7 Å². The van der Waals surface area contributed by atoms with Crippen LogP contribution in [0.15, 0.2) is 29.2 Å². The first-order chi connectivity index (χ1) is 9.27. The molecule has 0 saturated heterocycles. The molecule has 5 heteroatoms. The molecule has 0 saturated carbocycles. The zero-order valence-electron chi connectivity index (χ0n) is 13.0. The summed E-state index contributed by atoms with van der Waals surface area (Å²) >= 11 is 0. The number of sulfonamides is 1. The van der Waals surface area contributed by atoms with E-state index < -0.39 is 10.0 Å². The molecule has 4 nitrogen and oxygen atoms in total. The molecule has 114 valence electrons. The summed E-state index contributed by atoms with van der Waals surface area (Å²) in [5.41, 5.74) is 0.950. The zero-order valence-corrected chi connectivity index (χ0v) is 13.8. The fourth-order valence-electron chi connectivity index (χ4n) is 2.35. The Hall–Kier alpha value is -1.07. The number of hydrogen-bond acceptors (Lipinski definition) is 3. The van der Waals surface area contributed by atoms with Crippen molar-refractivity contribution in [2.75, 3.05) is 18.9 Å². The molecule has 0 aliphatic heterocycles. The summed E-state index contributed by atoms with van der Waals surface area (Å²) in [6.07, 6.45) is 0. The number of hydrogen-bond donors (Lipinski definition) is 2. The Balaban J connectivity index is 2.71. The Bertz CT molecular complexity index is 499. The van der Waals surface area contributed by atoms with Gasteiger partial charge in [-0.2, -0.15) is 0 Å². The summed E-state index contributed by atoms with van der Waals surface area (Å²) in [6.45, 7) is 9.82. The molecular weight excluding hydrogens is 272 g/mol. The maximum Gasteiger partial charge on any atom is 0.240 e. The van der Waals surface area contributed by atoms with E-state index >= 15 is 0 Å². The first-order valence-electron chi connectivity index (χ1n) is 7.05. The maximum atomic E-state index is 11.6. The summed E-state index contributed by atoms with van der Waals surface area (Å²) in [7, 11) is -1.94. The molecule has 20 heavy (non-hydrogen) atoms. The van der Waals surface area contributed by atoms with Crippen LogP contribution < -0.4 is 10.0 Å². The minimum atomic E-state index is -3.35. The Morgan fingerprint density at radius 3 is 1.90 bits per heavy atom. The van der Waals surface area contributed by atoms with Crippen LogP contribution in [0.2, 0.25) is 0 Å². The lowest BCUT2D eigenvalue weighted by Crippen LogP contribution is -2.24. The molecule has 0 spiro atoms. The molecule has 1 aromatic carbocycles. The zero-order chi connectivity index (χ0) is 15.3. The monoisotopic (exact) mass is 298 g/mol. The summed E-state index contributed by atoms with van der Waals surface area (Å²) in [4.78, 5) is 0.287. The molecule has 0 fully saturated rings. The molecular formula is C15H26N2O2S. The molecule has 0 atom stereocenters. The Labute approximate surface area is 123 Å². The second-order valence-electron chi connectivity index (χ2n) is 5.76. The molecule has 2 N–H and O–H groups in total. The van der Waals surface area contributed by atoms with Gasteiger partial charge < -0.3 is 5.32 Å². The third-order valence-electron chi connectivity index (χ3n) is 3.69. The van der Waals surface area contributed by atoms with Crippen LogP contribution in [0.5, 0.6) is 0 Å². The second kappa shape index (κ2) is 7.09. The fourth-order valence-corrected chi connectivity index (χ4v) is 3.08. The second-order valence-corrected chi connectivity index (χ2v) is 7.65. The molecule has 0 aliphatic carbocycles. The first-order valence-corrected chi connectivity index (χ1v) is 8.53. The highest BCUT2D eigenvalue weighted by Gasteiger charge is 2.17. The smallest absolute Gasteiger partial charge is 0.240 e. The lowest BCUT2D eigenvalue weighted by atomic mass is 9.85. The molecule has 0 bridgehead atoms. The minimum Gasteiger partial charge on any atom is -0.385 e. The molecule has 1 rings (SSSR count). The van der Waals surface area contributed by atoms with Gasteiger partial charge in [0.1, 0.15) is 0 Å². The average Bonchev–Trinajstić information content (AvgIpc) is 2.38. The van der Waals surface area contributed by atoms with Crippen molar-refractivity contribution in [1.29, 1.82) is 0 Å². The van der Waals surface area contributed by atoms with E-state index in [1.165, 1.54) is 7.05 Å². The van der Waals surface area contributed by atoms with Crippen LogP contribution >= 0.6 is 0 Å². The van der Waals surface area contributed by atoms with E-state index in [2.05, 4.69) is 37.7 Å². The van der Waals surface area contributed by atoms with E-state index in [-0.39, 0.29) is 4.90 Å². The molecule has 0 radical (unpaired) electrons. The van der Waals surface area contributed by atoms with E-state index in [0.717, 1.165) is 12.2 Å². The number of nitrogens with one attached hydrogen (secondary N) is 2. The van der Waals surface area contributed by atoms with Gasteiger partial charge in [-0.05, 0) is 49.1 Å². The summed E-state index contributed by atoms with van der Waals surface area (Å²) in [5.74, 6) is 1.83. The third-order valence-corrected chi connectivity index (χ3v) is 5.12. The first kappa shape index (κ1) is 17.0. The fraction of sp³-hybridized carbons (Fsp3) is 0.600.